The van der Waals surface area contributed by atoms with Crippen LogP contribution in [0.2, 0.25) is 0 Å². The van der Waals surface area contributed by atoms with E-state index in [9.17, 15) is 13.6 Å². The fourth-order valence-corrected chi connectivity index (χ4v) is 3.98. The Morgan fingerprint density at radius 1 is 1.13 bits per heavy atom. The van der Waals surface area contributed by atoms with Crippen LogP contribution in [0.1, 0.15) is 51.6 Å². The third-order valence-electron chi connectivity index (χ3n) is 5.42. The molecule has 0 bridgehead atoms. The van der Waals surface area contributed by atoms with Gasteiger partial charge in [-0.15, -0.1) is 10.2 Å². The topological polar surface area (TPSA) is 108 Å². The summed E-state index contributed by atoms with van der Waals surface area (Å²) < 4.78 is 34.0. The maximum atomic E-state index is 13.5. The number of alkyl halides is 2. The Balaban J connectivity index is 1.53. The Kier molecular flexibility index (Phi) is 7.07. The highest BCUT2D eigenvalue weighted by Crippen LogP contribution is 2.35. The first-order chi connectivity index (χ1) is 18.4. The number of amides is 1. The molecule has 0 atom stereocenters. The average molecular weight is 532 g/mol. The van der Waals surface area contributed by atoms with Crippen molar-refractivity contribution in [3.05, 3.63) is 64.4 Å². The second-order valence-electron chi connectivity index (χ2n) is 8.29. The van der Waals surface area contributed by atoms with Crippen LogP contribution in [0.4, 0.5) is 13.9 Å². The number of aromatic nitrogens is 6. The Hall–Kier alpha value is -4.68. The van der Waals surface area contributed by atoms with Crippen LogP contribution in [0, 0.1) is 29.6 Å². The molecule has 0 saturated heterocycles. The van der Waals surface area contributed by atoms with Crippen LogP contribution in [-0.4, -0.2) is 43.0 Å². The lowest BCUT2D eigenvalue weighted by atomic mass is 9.99. The summed E-state index contributed by atoms with van der Waals surface area (Å²) in [6, 6.07) is 2.72. The van der Waals surface area contributed by atoms with E-state index in [0.29, 0.717) is 22.2 Å². The second-order valence-corrected chi connectivity index (χ2v) is 9.27. The Labute approximate surface area is 220 Å². The molecule has 1 fully saturated rings. The summed E-state index contributed by atoms with van der Waals surface area (Å²) in [5.41, 5.74) is 1.13. The van der Waals surface area contributed by atoms with Crippen LogP contribution in [0.25, 0.3) is 11.1 Å². The lowest BCUT2D eigenvalue weighted by Crippen LogP contribution is -2.14. The summed E-state index contributed by atoms with van der Waals surface area (Å²) in [7, 11) is 3.16. The number of hydrogen-bond acceptors (Lipinski definition) is 8. The molecule has 0 aromatic carbocycles. The van der Waals surface area contributed by atoms with Crippen molar-refractivity contribution in [2.75, 3.05) is 12.4 Å². The molecule has 1 saturated carbocycles. The molecule has 0 unspecified atom stereocenters. The molecule has 1 aliphatic carbocycles. The molecule has 38 heavy (non-hydrogen) atoms. The minimum atomic E-state index is -2.82. The SMILES string of the molecule is COc1cnc(C(F)F)cc1-c1cc(C#Cc2cnn(C)c2)ncc1C(=O)Nc1nnc(C#CC2CC2)s1. The van der Waals surface area contributed by atoms with E-state index >= 15 is 0 Å². The third-order valence-corrected chi connectivity index (χ3v) is 6.17. The van der Waals surface area contributed by atoms with E-state index in [1.807, 2.05) is 0 Å². The van der Waals surface area contributed by atoms with Gasteiger partial charge in [0.15, 0.2) is 5.01 Å². The van der Waals surface area contributed by atoms with Crippen LogP contribution in [0.5, 0.6) is 5.75 Å². The van der Waals surface area contributed by atoms with Crippen molar-refractivity contribution in [2.45, 2.75) is 19.3 Å². The molecular formula is C26H19F2N7O2S. The Morgan fingerprint density at radius 3 is 2.68 bits per heavy atom. The van der Waals surface area contributed by atoms with Gasteiger partial charge in [-0.25, -0.2) is 13.8 Å². The highest BCUT2D eigenvalue weighted by atomic mass is 32.1. The summed E-state index contributed by atoms with van der Waals surface area (Å²) in [6.07, 6.45) is 5.20. The Bertz CT molecular complexity index is 1640. The quantitative estimate of drug-likeness (QED) is 0.387. The molecule has 0 radical (unpaired) electrons. The number of nitrogens with zero attached hydrogens (tertiary/aromatic N) is 6. The van der Waals surface area contributed by atoms with Gasteiger partial charge < -0.3 is 4.74 Å². The van der Waals surface area contributed by atoms with E-state index in [1.54, 1.807) is 24.1 Å². The van der Waals surface area contributed by atoms with Gasteiger partial charge in [-0.3, -0.25) is 19.8 Å². The largest absolute Gasteiger partial charge is 0.494 e. The summed E-state index contributed by atoms with van der Waals surface area (Å²) in [6.45, 7) is 0. The zero-order chi connectivity index (χ0) is 26.6. The summed E-state index contributed by atoms with van der Waals surface area (Å²) in [4.78, 5) is 21.4. The number of pyridine rings is 2. The Morgan fingerprint density at radius 2 is 1.97 bits per heavy atom. The molecule has 190 valence electrons. The van der Waals surface area contributed by atoms with Crippen LogP contribution in [0.15, 0.2) is 36.9 Å². The van der Waals surface area contributed by atoms with Gasteiger partial charge in [0, 0.05) is 36.5 Å². The number of hydrogen-bond donors (Lipinski definition) is 1. The van der Waals surface area contributed by atoms with Crippen LogP contribution >= 0.6 is 11.3 Å². The highest BCUT2D eigenvalue weighted by molar-refractivity contribution is 7.15. The van der Waals surface area contributed by atoms with Gasteiger partial charge in [0.25, 0.3) is 12.3 Å². The number of methoxy groups -OCH3 is 1. The van der Waals surface area contributed by atoms with Crippen molar-refractivity contribution < 1.29 is 18.3 Å². The van der Waals surface area contributed by atoms with Crippen LogP contribution in [-0.2, 0) is 7.05 Å². The van der Waals surface area contributed by atoms with Crippen LogP contribution < -0.4 is 10.1 Å². The van der Waals surface area contributed by atoms with Gasteiger partial charge in [-0.2, -0.15) is 5.10 Å². The number of rotatable bonds is 5. The molecule has 5 rings (SSSR count). The van der Waals surface area contributed by atoms with Gasteiger partial charge in [0.2, 0.25) is 5.13 Å². The first-order valence-corrected chi connectivity index (χ1v) is 12.2. The molecule has 4 aromatic heterocycles. The fourth-order valence-electron chi connectivity index (χ4n) is 3.38. The molecular weight excluding hydrogens is 512 g/mol. The smallest absolute Gasteiger partial charge is 0.280 e. The molecule has 9 nitrogen and oxygen atoms in total. The summed E-state index contributed by atoms with van der Waals surface area (Å²) in [5, 5.41) is 15.5. The van der Waals surface area contributed by atoms with Crippen molar-refractivity contribution in [1.29, 1.82) is 0 Å². The fraction of sp³-hybridized carbons (Fsp3) is 0.231. The monoisotopic (exact) mass is 531 g/mol. The van der Waals surface area contributed by atoms with Gasteiger partial charge in [-0.05, 0) is 36.8 Å². The van der Waals surface area contributed by atoms with E-state index in [-0.39, 0.29) is 27.6 Å². The normalized spacial score (nSPS) is 12.3. The van der Waals surface area contributed by atoms with Gasteiger partial charge >= 0.3 is 0 Å². The maximum Gasteiger partial charge on any atom is 0.280 e. The molecule has 0 aliphatic heterocycles. The number of anilines is 1. The molecule has 1 aliphatic rings. The van der Waals surface area contributed by atoms with Gasteiger partial charge in [0.05, 0.1) is 30.6 Å². The molecule has 1 N–H and O–H groups in total. The van der Waals surface area contributed by atoms with E-state index < -0.39 is 18.0 Å². The van der Waals surface area contributed by atoms with E-state index in [2.05, 4.69) is 54.3 Å². The predicted molar refractivity (Wildman–Crippen MR) is 136 cm³/mol. The predicted octanol–water partition coefficient (Wildman–Crippen LogP) is 4.09. The molecule has 12 heteroatoms. The van der Waals surface area contributed by atoms with Crippen molar-refractivity contribution >= 4 is 22.4 Å². The average Bonchev–Trinajstić information content (AvgIpc) is 3.49. The minimum absolute atomic E-state index is 0.0995. The molecule has 1 amide bonds. The zero-order valence-electron chi connectivity index (χ0n) is 20.2. The standard InChI is InChI=1S/C26H19F2N7O2S/c1-35-14-16(11-31-35)5-7-17-9-18(19-10-21(24(27)28)30-13-22(19)37-2)20(12-29-17)25(36)32-26-34-33-23(38-26)8-6-15-3-4-15/h9-15,24H,3-4H2,1-2H3,(H,32,34,36). The lowest BCUT2D eigenvalue weighted by Gasteiger charge is -2.14. The minimum Gasteiger partial charge on any atom is -0.494 e. The molecule has 4 heterocycles. The number of aryl methyl sites for hydroxylation is 1. The number of carbonyl (C=O) groups excluding carboxylic acids is 1. The first-order valence-electron chi connectivity index (χ1n) is 11.4. The van der Waals surface area contributed by atoms with Gasteiger partial charge in [0.1, 0.15) is 17.1 Å². The highest BCUT2D eigenvalue weighted by Gasteiger charge is 2.22. The third kappa shape index (κ3) is 5.82. The maximum absolute atomic E-state index is 13.5. The molecule has 4 aromatic rings. The van der Waals surface area contributed by atoms with Crippen molar-refractivity contribution in [2.24, 2.45) is 13.0 Å². The number of nitrogens with one attached hydrogen (secondary N) is 1. The molecule has 0 spiro atoms. The van der Waals surface area contributed by atoms with E-state index in [0.717, 1.165) is 24.2 Å². The lowest BCUT2D eigenvalue weighted by molar-refractivity contribution is 0.102. The van der Waals surface area contributed by atoms with Crippen molar-refractivity contribution in [1.82, 2.24) is 29.9 Å². The number of halogens is 2. The van der Waals surface area contributed by atoms with Crippen molar-refractivity contribution in [3.63, 3.8) is 0 Å². The van der Waals surface area contributed by atoms with E-state index in [4.69, 9.17) is 4.74 Å². The first kappa shape index (κ1) is 25.0. The second kappa shape index (κ2) is 10.7. The van der Waals surface area contributed by atoms with Crippen LogP contribution in [0.3, 0.4) is 0 Å². The van der Waals surface area contributed by atoms with Crippen molar-refractivity contribution in [3.8, 4) is 40.6 Å². The number of ether oxygens (including phenoxy) is 1. The van der Waals surface area contributed by atoms with E-state index in [1.165, 1.54) is 31.6 Å². The zero-order valence-corrected chi connectivity index (χ0v) is 21.0. The summed E-state index contributed by atoms with van der Waals surface area (Å²) in [5.74, 6) is 12.0. The number of carbonyl (C=O) groups is 1. The van der Waals surface area contributed by atoms with Gasteiger partial charge in [-0.1, -0.05) is 23.2 Å². The summed E-state index contributed by atoms with van der Waals surface area (Å²) >= 11 is 1.14.